The summed E-state index contributed by atoms with van der Waals surface area (Å²) < 4.78 is 5.60. The molecule has 0 N–H and O–H groups in total. The highest BCUT2D eigenvalue weighted by Gasteiger charge is 2.57. The van der Waals surface area contributed by atoms with Gasteiger partial charge in [0.2, 0.25) is 0 Å². The van der Waals surface area contributed by atoms with Crippen LogP contribution in [0.15, 0.2) is 146 Å². The van der Waals surface area contributed by atoms with Crippen LogP contribution in [0, 0.1) is 0 Å². The second-order valence-corrected chi connectivity index (χ2v) is 35.9. The van der Waals surface area contributed by atoms with Gasteiger partial charge in [0.1, 0.15) is 0 Å². The molecule has 4 aliphatic rings. The maximum Gasteiger partial charge on any atom is 0.252 e. The van der Waals surface area contributed by atoms with Gasteiger partial charge in [0, 0.05) is 49.8 Å². The van der Waals surface area contributed by atoms with Crippen molar-refractivity contribution in [3.8, 4) is 22.5 Å². The molecule has 0 unspecified atom stereocenters. The lowest BCUT2D eigenvalue weighted by atomic mass is 9.34. The van der Waals surface area contributed by atoms with E-state index in [0.29, 0.717) is 23.7 Å². The maximum absolute atomic E-state index is 3.20. The Morgan fingerprint density at radius 1 is 0.379 bits per heavy atom. The minimum atomic E-state index is -3.20. The number of rotatable bonds is 7. The summed E-state index contributed by atoms with van der Waals surface area (Å²) in [6.45, 7) is 47.7. The summed E-state index contributed by atoms with van der Waals surface area (Å²) in [6, 6.07) is 60.9. The Morgan fingerprint density at radius 3 is 1.46 bits per heavy atom. The molecule has 87 heavy (non-hydrogen) atoms. The Kier molecular flexibility index (Phi) is 11.9. The zero-order chi connectivity index (χ0) is 61.4. The van der Waals surface area contributed by atoms with E-state index in [1.54, 1.807) is 15.6 Å². The van der Waals surface area contributed by atoms with Gasteiger partial charge in [-0.05, 0) is 199 Å². The van der Waals surface area contributed by atoms with Gasteiger partial charge in [-0.3, -0.25) is 0 Å². The van der Waals surface area contributed by atoms with E-state index in [1.165, 1.54) is 149 Å². The molecule has 1 spiro atoms. The van der Waals surface area contributed by atoms with Crippen molar-refractivity contribution in [1.29, 1.82) is 0 Å². The third-order valence-corrected chi connectivity index (χ3v) is 26.0. The van der Waals surface area contributed by atoms with Crippen molar-refractivity contribution in [1.82, 2.24) is 9.13 Å². The molecule has 438 valence electrons. The van der Waals surface area contributed by atoms with E-state index >= 15 is 0 Å². The van der Waals surface area contributed by atoms with Crippen LogP contribution in [0.25, 0.3) is 66.1 Å². The summed E-state index contributed by atoms with van der Waals surface area (Å²) in [5.74, 6) is 1.51. The molecule has 0 saturated heterocycles. The summed E-state index contributed by atoms with van der Waals surface area (Å²) in [5.41, 5.74) is 29.6. The van der Waals surface area contributed by atoms with E-state index in [1.807, 2.05) is 0 Å². The molecule has 3 nitrogen and oxygen atoms in total. The minimum Gasteiger partial charge on any atom is -0.310 e. The van der Waals surface area contributed by atoms with Crippen LogP contribution in [0.5, 0.6) is 0 Å². The lowest BCUT2D eigenvalue weighted by Gasteiger charge is -2.43. The molecule has 5 heteroatoms. The Balaban J connectivity index is 1.15. The smallest absolute Gasteiger partial charge is 0.252 e. The van der Waals surface area contributed by atoms with Crippen molar-refractivity contribution in [2.24, 2.45) is 0 Å². The van der Waals surface area contributed by atoms with Crippen molar-refractivity contribution in [2.45, 2.75) is 184 Å². The highest BCUT2D eigenvalue weighted by atomic mass is 28.3. The van der Waals surface area contributed by atoms with Crippen LogP contribution >= 0.6 is 0 Å². The number of hydrogen-bond acceptors (Lipinski definition) is 1. The maximum atomic E-state index is 2.85. The summed E-state index contributed by atoms with van der Waals surface area (Å²) in [4.78, 5) is 2.63. The van der Waals surface area contributed by atoms with Gasteiger partial charge < -0.3 is 14.0 Å². The van der Waals surface area contributed by atoms with Gasteiger partial charge in [-0.2, -0.15) is 0 Å². The fourth-order valence-corrected chi connectivity index (χ4v) is 21.7. The van der Waals surface area contributed by atoms with E-state index < -0.39 is 8.07 Å². The fourth-order valence-electron chi connectivity index (χ4n) is 16.1. The van der Waals surface area contributed by atoms with Crippen LogP contribution in [-0.2, 0) is 21.7 Å². The normalized spacial score (nSPS) is 14.7. The molecular weight excluding hydrogens is 1070 g/mol. The molecule has 0 bridgehead atoms. The van der Waals surface area contributed by atoms with Crippen LogP contribution in [0.1, 0.15) is 207 Å². The van der Waals surface area contributed by atoms with Gasteiger partial charge in [-0.1, -0.05) is 223 Å². The average Bonchev–Trinajstić information content (AvgIpc) is 1.53. The molecule has 4 aliphatic heterocycles. The van der Waals surface area contributed by atoms with Crippen molar-refractivity contribution in [2.75, 3.05) is 4.90 Å². The van der Waals surface area contributed by atoms with Gasteiger partial charge >= 0.3 is 0 Å². The predicted molar refractivity (Wildman–Crippen MR) is 382 cm³/mol. The lowest BCUT2D eigenvalue weighted by Crippen LogP contribution is -2.77. The molecular formula is C82H88BN3Si. The van der Waals surface area contributed by atoms with Gasteiger partial charge in [-0.25, -0.2) is 0 Å². The van der Waals surface area contributed by atoms with Gasteiger partial charge in [0.25, 0.3) is 6.71 Å². The van der Waals surface area contributed by atoms with Gasteiger partial charge in [0.15, 0.2) is 8.07 Å². The molecule has 0 radical (unpaired) electrons. The zero-order valence-corrected chi connectivity index (χ0v) is 56.6. The average molecular weight is 1150 g/mol. The Hall–Kier alpha value is -7.34. The number of anilines is 3. The minimum absolute atomic E-state index is 0.0399. The lowest BCUT2D eigenvalue weighted by molar-refractivity contribution is 0.590. The summed E-state index contributed by atoms with van der Waals surface area (Å²) in [5, 5.41) is 11.6. The van der Waals surface area contributed by atoms with Crippen LogP contribution in [0.2, 0.25) is 0 Å². The van der Waals surface area contributed by atoms with E-state index in [0.717, 1.165) is 0 Å². The summed E-state index contributed by atoms with van der Waals surface area (Å²) in [6.07, 6.45) is 0. The number of benzene rings is 9. The Morgan fingerprint density at radius 2 is 0.908 bits per heavy atom. The largest absolute Gasteiger partial charge is 0.310 e. The van der Waals surface area contributed by atoms with Crippen molar-refractivity contribution in [3.63, 3.8) is 0 Å². The van der Waals surface area contributed by atoms with Crippen molar-refractivity contribution in [3.05, 3.63) is 190 Å². The molecule has 9 aromatic carbocycles. The van der Waals surface area contributed by atoms with E-state index in [4.69, 9.17) is 0 Å². The molecule has 6 heterocycles. The number of aromatic nitrogens is 2. The first-order valence-corrected chi connectivity index (χ1v) is 34.8. The molecule has 0 aliphatic carbocycles. The van der Waals surface area contributed by atoms with E-state index in [2.05, 4.69) is 298 Å². The highest BCUT2D eigenvalue weighted by molar-refractivity contribution is 7.24. The van der Waals surface area contributed by atoms with Crippen molar-refractivity contribution >= 4 is 113 Å². The molecule has 11 aromatic rings. The summed E-state index contributed by atoms with van der Waals surface area (Å²) >= 11 is 0. The van der Waals surface area contributed by atoms with Crippen LogP contribution in [0.3, 0.4) is 0 Å². The second kappa shape index (κ2) is 18.4. The van der Waals surface area contributed by atoms with Gasteiger partial charge in [0.05, 0.1) is 22.2 Å². The topological polar surface area (TPSA) is 13.1 Å². The molecule has 0 saturated carbocycles. The number of nitrogens with zero attached hydrogens (tertiary/aromatic N) is 3. The fraction of sp³-hybridized carbons (Fsp3) is 0.341. The Bertz CT molecular complexity index is 4700. The molecule has 15 rings (SSSR count). The number of hydrogen-bond donors (Lipinski definition) is 0. The first-order chi connectivity index (χ1) is 41.0. The zero-order valence-electron chi connectivity index (χ0n) is 55.6. The molecule has 2 aromatic heterocycles. The molecule has 0 amide bonds. The van der Waals surface area contributed by atoms with Crippen molar-refractivity contribution < 1.29 is 0 Å². The monoisotopic (exact) mass is 1150 g/mol. The van der Waals surface area contributed by atoms with Crippen LogP contribution < -0.4 is 42.0 Å². The first kappa shape index (κ1) is 56.2. The second-order valence-electron chi connectivity index (χ2n) is 32.2. The SMILES string of the molecule is CC(C)c1ccc(N(c2cc(C(C)C)cc(C(C)C)c2)c2ccc3c4c2c2cc(C(C)C)ccc2n4-c2ccc4c5c2B3c2cc(C(C)(C)C)cc3c6cc(C(C)(C)C)cc(c6n-5c23)[Si]42c3cc(C(C)(C)C)ccc3-c3ccc(C(C)(C)C)cc32)cc1. The molecule has 0 fully saturated rings. The van der Waals surface area contributed by atoms with Crippen LogP contribution in [-0.4, -0.2) is 23.9 Å². The highest BCUT2D eigenvalue weighted by Crippen LogP contribution is 2.50. The Labute approximate surface area is 519 Å². The summed E-state index contributed by atoms with van der Waals surface area (Å²) in [7, 11) is -3.20. The third kappa shape index (κ3) is 7.79. The predicted octanol–water partition coefficient (Wildman–Crippen LogP) is 17.8. The number of fused-ring (bicyclic) bond motifs is 14. The first-order valence-electron chi connectivity index (χ1n) is 32.8. The van der Waals surface area contributed by atoms with Crippen LogP contribution in [0.4, 0.5) is 17.1 Å². The third-order valence-electron chi connectivity index (χ3n) is 21.2. The van der Waals surface area contributed by atoms with Gasteiger partial charge in [-0.15, -0.1) is 0 Å². The quantitative estimate of drug-likeness (QED) is 0.145. The standard InChI is InChI=1S/C82H88BN3Si/c1-45(2)49-21-26-57(27-22-49)84(58-36-51(47(5)6)35-52(37-58)48(7)8)67-32-30-64-77-73(67)63-38-50(46(3)4)23-31-66(63)85(77)68-33-34-69-78-74(68)83(64)65-41-55(81(15,16)17)39-61-62-40-56(82(18,19)20)44-72(76(62)86(78)75(61)65)87(69)70-42-53(79(9,10)11)24-28-59(70)60-29-25-54(43-71(60)87)80(12,13)14/h21-48H,1-20H3. The molecule has 0 atom stereocenters. The van der Waals surface area contributed by atoms with E-state index in [9.17, 15) is 0 Å². The van der Waals surface area contributed by atoms with E-state index in [-0.39, 0.29) is 28.4 Å².